The largest absolute Gasteiger partial charge is 0.316 e. The lowest BCUT2D eigenvalue weighted by atomic mass is 9.95. The third kappa shape index (κ3) is 2.16. The summed E-state index contributed by atoms with van der Waals surface area (Å²) in [5.74, 6) is 0.443. The van der Waals surface area contributed by atoms with Crippen LogP contribution in [0.4, 0.5) is 0 Å². The molecule has 3 aromatic rings. The number of H-pyrrole nitrogens is 1. The van der Waals surface area contributed by atoms with Crippen molar-refractivity contribution in [3.8, 4) is 11.1 Å². The van der Waals surface area contributed by atoms with E-state index in [1.54, 1.807) is 6.20 Å². The Bertz CT molecular complexity index is 801. The van der Waals surface area contributed by atoms with Crippen LogP contribution in [0.25, 0.3) is 16.8 Å². The van der Waals surface area contributed by atoms with Crippen molar-refractivity contribution in [3.63, 3.8) is 0 Å². The van der Waals surface area contributed by atoms with Gasteiger partial charge in [0, 0.05) is 29.8 Å². The molecule has 7 heteroatoms. The molecule has 0 bridgehead atoms. The number of halogens is 1. The van der Waals surface area contributed by atoms with E-state index in [4.69, 9.17) is 4.98 Å². The van der Waals surface area contributed by atoms with E-state index in [9.17, 15) is 0 Å². The van der Waals surface area contributed by atoms with Crippen LogP contribution in [0.15, 0.2) is 23.1 Å². The summed E-state index contributed by atoms with van der Waals surface area (Å²) in [4.78, 5) is 4.95. The highest BCUT2D eigenvalue weighted by atomic mass is 79.9. The SMILES string of the molecule is Cc1c(Br)c([C@H]2CCCNC2)nc2c(-c3cn[nH]c3)cnn12. The summed E-state index contributed by atoms with van der Waals surface area (Å²) in [6, 6.07) is 0. The molecular formula is C15H17BrN6. The van der Waals surface area contributed by atoms with Gasteiger partial charge in [-0.15, -0.1) is 0 Å². The zero-order valence-electron chi connectivity index (χ0n) is 12.3. The van der Waals surface area contributed by atoms with Gasteiger partial charge in [0.25, 0.3) is 0 Å². The second-order valence-electron chi connectivity index (χ2n) is 5.72. The van der Waals surface area contributed by atoms with Crippen molar-refractivity contribution in [1.29, 1.82) is 0 Å². The number of hydrogen-bond donors (Lipinski definition) is 2. The summed E-state index contributed by atoms with van der Waals surface area (Å²) in [6.07, 6.45) is 7.89. The van der Waals surface area contributed by atoms with Crippen molar-refractivity contribution in [1.82, 2.24) is 30.1 Å². The van der Waals surface area contributed by atoms with Crippen LogP contribution in [0.2, 0.25) is 0 Å². The topological polar surface area (TPSA) is 70.9 Å². The average molecular weight is 361 g/mol. The van der Waals surface area contributed by atoms with Gasteiger partial charge in [-0.05, 0) is 42.2 Å². The molecule has 0 aliphatic carbocycles. The molecule has 1 aliphatic heterocycles. The molecule has 0 aromatic carbocycles. The molecule has 22 heavy (non-hydrogen) atoms. The quantitative estimate of drug-likeness (QED) is 0.736. The molecule has 2 N–H and O–H groups in total. The Morgan fingerprint density at radius 1 is 1.36 bits per heavy atom. The van der Waals surface area contributed by atoms with Gasteiger partial charge in [0.05, 0.1) is 28.3 Å². The minimum atomic E-state index is 0.443. The first-order chi connectivity index (χ1) is 10.8. The highest BCUT2D eigenvalue weighted by Gasteiger charge is 2.23. The van der Waals surface area contributed by atoms with Gasteiger partial charge in [-0.2, -0.15) is 10.2 Å². The lowest BCUT2D eigenvalue weighted by Gasteiger charge is -2.24. The number of rotatable bonds is 2. The summed E-state index contributed by atoms with van der Waals surface area (Å²) in [7, 11) is 0. The molecule has 6 nitrogen and oxygen atoms in total. The highest BCUT2D eigenvalue weighted by molar-refractivity contribution is 9.10. The van der Waals surface area contributed by atoms with Gasteiger partial charge in [-0.25, -0.2) is 9.50 Å². The molecule has 1 fully saturated rings. The van der Waals surface area contributed by atoms with Crippen molar-refractivity contribution in [3.05, 3.63) is 34.5 Å². The Balaban J connectivity index is 1.90. The minimum Gasteiger partial charge on any atom is -0.316 e. The van der Waals surface area contributed by atoms with E-state index in [0.29, 0.717) is 5.92 Å². The maximum Gasteiger partial charge on any atom is 0.163 e. The van der Waals surface area contributed by atoms with E-state index in [-0.39, 0.29) is 0 Å². The molecule has 114 valence electrons. The van der Waals surface area contributed by atoms with Crippen LogP contribution in [-0.2, 0) is 0 Å². The van der Waals surface area contributed by atoms with Crippen molar-refractivity contribution < 1.29 is 0 Å². The smallest absolute Gasteiger partial charge is 0.163 e. The Labute approximate surface area is 136 Å². The molecule has 4 heterocycles. The standard InChI is InChI=1S/C15H17BrN6/c1-9-13(16)14(10-3-2-4-17-5-10)21-15-12(8-20-22(9)15)11-6-18-19-7-11/h6-8,10,17H,2-5H2,1H3,(H,18,19)/t10-/m0/s1. The molecule has 0 amide bonds. The van der Waals surface area contributed by atoms with E-state index in [1.807, 2.05) is 16.9 Å². The molecule has 4 rings (SSSR count). The van der Waals surface area contributed by atoms with E-state index in [1.165, 1.54) is 12.8 Å². The minimum absolute atomic E-state index is 0.443. The molecule has 0 saturated carbocycles. The van der Waals surface area contributed by atoms with Crippen molar-refractivity contribution in [2.75, 3.05) is 13.1 Å². The maximum absolute atomic E-state index is 4.95. The van der Waals surface area contributed by atoms with Crippen LogP contribution in [0.1, 0.15) is 30.1 Å². The summed E-state index contributed by atoms with van der Waals surface area (Å²) in [5, 5.41) is 14.8. The molecule has 0 spiro atoms. The molecule has 1 aliphatic rings. The fourth-order valence-corrected chi connectivity index (χ4v) is 3.67. The van der Waals surface area contributed by atoms with Crippen LogP contribution >= 0.6 is 15.9 Å². The zero-order valence-corrected chi connectivity index (χ0v) is 13.9. The third-order valence-corrected chi connectivity index (χ3v) is 5.30. The normalized spacial score (nSPS) is 18.9. The predicted octanol–water partition coefficient (Wildman–Crippen LogP) is 2.66. The molecular weight excluding hydrogens is 344 g/mol. The zero-order chi connectivity index (χ0) is 15.1. The van der Waals surface area contributed by atoms with Crippen LogP contribution in [0, 0.1) is 6.92 Å². The summed E-state index contributed by atoms with van der Waals surface area (Å²) >= 11 is 3.73. The van der Waals surface area contributed by atoms with E-state index in [0.717, 1.165) is 45.7 Å². The maximum atomic E-state index is 4.95. The highest BCUT2D eigenvalue weighted by Crippen LogP contribution is 2.33. The number of aromatic nitrogens is 5. The number of fused-ring (bicyclic) bond motifs is 1. The molecule has 1 atom stereocenters. The molecule has 0 unspecified atom stereocenters. The first-order valence-electron chi connectivity index (χ1n) is 7.49. The van der Waals surface area contributed by atoms with Gasteiger partial charge in [0.15, 0.2) is 5.65 Å². The second-order valence-corrected chi connectivity index (χ2v) is 6.51. The lowest BCUT2D eigenvalue weighted by Crippen LogP contribution is -2.29. The summed E-state index contributed by atoms with van der Waals surface area (Å²) in [6.45, 7) is 4.16. The summed E-state index contributed by atoms with van der Waals surface area (Å²) in [5.41, 5.74) is 5.12. The van der Waals surface area contributed by atoms with Crippen molar-refractivity contribution >= 4 is 21.6 Å². The van der Waals surface area contributed by atoms with E-state index in [2.05, 4.69) is 43.5 Å². The molecule has 1 saturated heterocycles. The van der Waals surface area contributed by atoms with Gasteiger partial charge in [-0.1, -0.05) is 0 Å². The van der Waals surface area contributed by atoms with E-state index < -0.39 is 0 Å². The van der Waals surface area contributed by atoms with E-state index >= 15 is 0 Å². The van der Waals surface area contributed by atoms with Gasteiger partial charge in [-0.3, -0.25) is 5.10 Å². The Hall–Kier alpha value is -1.73. The number of piperidine rings is 1. The predicted molar refractivity (Wildman–Crippen MR) is 87.9 cm³/mol. The number of hydrogen-bond acceptors (Lipinski definition) is 4. The Kier molecular flexibility index (Phi) is 3.46. The Morgan fingerprint density at radius 2 is 2.27 bits per heavy atom. The first kappa shape index (κ1) is 13.9. The number of aryl methyl sites for hydroxylation is 1. The van der Waals surface area contributed by atoms with Crippen LogP contribution in [-0.4, -0.2) is 37.9 Å². The van der Waals surface area contributed by atoms with Gasteiger partial charge >= 0.3 is 0 Å². The number of nitrogens with one attached hydrogen (secondary N) is 2. The second kappa shape index (κ2) is 5.48. The van der Waals surface area contributed by atoms with Crippen molar-refractivity contribution in [2.45, 2.75) is 25.7 Å². The molecule has 3 aromatic heterocycles. The van der Waals surface area contributed by atoms with Gasteiger partial charge in [0.1, 0.15) is 0 Å². The van der Waals surface area contributed by atoms with Gasteiger partial charge < -0.3 is 5.32 Å². The fraction of sp³-hybridized carbons (Fsp3) is 0.400. The first-order valence-corrected chi connectivity index (χ1v) is 8.28. The van der Waals surface area contributed by atoms with Crippen LogP contribution < -0.4 is 5.32 Å². The third-order valence-electron chi connectivity index (χ3n) is 4.32. The Morgan fingerprint density at radius 3 is 3.00 bits per heavy atom. The number of nitrogens with zero attached hydrogens (tertiary/aromatic N) is 4. The summed E-state index contributed by atoms with van der Waals surface area (Å²) < 4.78 is 2.96. The van der Waals surface area contributed by atoms with Crippen LogP contribution in [0.5, 0.6) is 0 Å². The van der Waals surface area contributed by atoms with Gasteiger partial charge in [0.2, 0.25) is 0 Å². The fourth-order valence-electron chi connectivity index (χ4n) is 3.09. The monoisotopic (exact) mass is 360 g/mol. The van der Waals surface area contributed by atoms with Crippen molar-refractivity contribution in [2.24, 2.45) is 0 Å². The lowest BCUT2D eigenvalue weighted by molar-refractivity contribution is 0.453. The molecule has 0 radical (unpaired) electrons. The number of aromatic amines is 1. The average Bonchev–Trinajstić information content (AvgIpc) is 3.20. The van der Waals surface area contributed by atoms with Crippen LogP contribution in [0.3, 0.4) is 0 Å².